The first-order valence-electron chi connectivity index (χ1n) is 10.9. The Morgan fingerprint density at radius 2 is 1.88 bits per heavy atom. The molecule has 1 aliphatic rings. The van der Waals surface area contributed by atoms with Crippen LogP contribution in [0.4, 0.5) is 5.69 Å². The first-order valence-corrected chi connectivity index (χ1v) is 12.4. The number of carbonyl (C=O) groups is 2. The number of hydrogen-bond acceptors (Lipinski definition) is 4. The van der Waals surface area contributed by atoms with Crippen molar-refractivity contribution in [2.75, 3.05) is 17.8 Å². The Labute approximate surface area is 190 Å². The van der Waals surface area contributed by atoms with Crippen LogP contribution in [0, 0.1) is 19.8 Å². The van der Waals surface area contributed by atoms with E-state index in [2.05, 4.69) is 10.0 Å². The number of amides is 2. The number of aryl methyl sites for hydroxylation is 2. The highest BCUT2D eigenvalue weighted by molar-refractivity contribution is 7.92. The van der Waals surface area contributed by atoms with E-state index in [4.69, 9.17) is 0 Å². The fraction of sp³-hybridized carbons (Fsp3) is 0.417. The molecule has 1 atom stereocenters. The number of sulfonamides is 1. The normalized spacial score (nSPS) is 16.3. The quantitative estimate of drug-likeness (QED) is 0.665. The van der Waals surface area contributed by atoms with Gasteiger partial charge in [0.1, 0.15) is 6.04 Å². The van der Waals surface area contributed by atoms with Crippen molar-refractivity contribution in [2.24, 2.45) is 5.92 Å². The SMILES string of the molecule is Cc1ccc(C)c(S(=O)(=O)Nc2cccc(C(=O)N3CCC[C@@H]3C(=O)NCC(C)C)c2)c1. The van der Waals surface area contributed by atoms with Crippen molar-refractivity contribution in [2.45, 2.75) is 51.5 Å². The molecule has 2 amide bonds. The van der Waals surface area contributed by atoms with Gasteiger partial charge in [-0.2, -0.15) is 0 Å². The first kappa shape index (κ1) is 23.8. The largest absolute Gasteiger partial charge is 0.354 e. The van der Waals surface area contributed by atoms with Crippen LogP contribution < -0.4 is 10.0 Å². The van der Waals surface area contributed by atoms with E-state index in [9.17, 15) is 18.0 Å². The molecule has 8 heteroatoms. The summed E-state index contributed by atoms with van der Waals surface area (Å²) in [5, 5.41) is 2.91. The van der Waals surface area contributed by atoms with E-state index in [1.807, 2.05) is 26.8 Å². The zero-order valence-electron chi connectivity index (χ0n) is 19.0. The van der Waals surface area contributed by atoms with Crippen LogP contribution in [0.5, 0.6) is 0 Å². The fourth-order valence-corrected chi connectivity index (χ4v) is 5.17. The molecule has 1 heterocycles. The lowest BCUT2D eigenvalue weighted by atomic mass is 10.1. The van der Waals surface area contributed by atoms with Gasteiger partial charge in [-0.05, 0) is 68.0 Å². The van der Waals surface area contributed by atoms with Gasteiger partial charge >= 0.3 is 0 Å². The van der Waals surface area contributed by atoms with E-state index in [1.165, 1.54) is 6.07 Å². The summed E-state index contributed by atoms with van der Waals surface area (Å²) in [5.74, 6) is -0.0949. The molecule has 0 radical (unpaired) electrons. The van der Waals surface area contributed by atoms with Crippen molar-refractivity contribution in [3.05, 3.63) is 59.2 Å². The summed E-state index contributed by atoms with van der Waals surface area (Å²) < 4.78 is 28.4. The fourth-order valence-electron chi connectivity index (χ4n) is 3.79. The Bertz CT molecular complexity index is 1110. The molecule has 3 rings (SSSR count). The van der Waals surface area contributed by atoms with Crippen LogP contribution in [0.1, 0.15) is 48.2 Å². The van der Waals surface area contributed by atoms with Crippen LogP contribution in [0.25, 0.3) is 0 Å². The van der Waals surface area contributed by atoms with E-state index in [0.717, 1.165) is 12.0 Å². The van der Waals surface area contributed by atoms with Crippen LogP contribution in [0.3, 0.4) is 0 Å². The van der Waals surface area contributed by atoms with Gasteiger partial charge in [-0.3, -0.25) is 14.3 Å². The summed E-state index contributed by atoms with van der Waals surface area (Å²) in [4.78, 5) is 27.5. The maximum atomic E-state index is 13.2. The smallest absolute Gasteiger partial charge is 0.262 e. The first-order chi connectivity index (χ1) is 15.1. The molecule has 0 bridgehead atoms. The topological polar surface area (TPSA) is 95.6 Å². The Kier molecular flexibility index (Phi) is 7.23. The second-order valence-electron chi connectivity index (χ2n) is 8.75. The van der Waals surface area contributed by atoms with Crippen molar-refractivity contribution in [1.82, 2.24) is 10.2 Å². The molecule has 7 nitrogen and oxygen atoms in total. The van der Waals surface area contributed by atoms with Crippen molar-refractivity contribution >= 4 is 27.5 Å². The van der Waals surface area contributed by atoms with Crippen LogP contribution >= 0.6 is 0 Å². The third-order valence-corrected chi connectivity index (χ3v) is 7.02. The molecule has 0 aromatic heterocycles. The van der Waals surface area contributed by atoms with Crippen molar-refractivity contribution < 1.29 is 18.0 Å². The van der Waals surface area contributed by atoms with Gasteiger partial charge in [0.05, 0.1) is 4.90 Å². The lowest BCUT2D eigenvalue weighted by Crippen LogP contribution is -2.46. The van der Waals surface area contributed by atoms with E-state index in [0.29, 0.717) is 42.2 Å². The Balaban J connectivity index is 1.79. The van der Waals surface area contributed by atoms with Gasteiger partial charge in [0.25, 0.3) is 15.9 Å². The second kappa shape index (κ2) is 9.73. The molecule has 2 N–H and O–H groups in total. The third kappa shape index (κ3) is 5.48. The number of benzene rings is 2. The lowest BCUT2D eigenvalue weighted by Gasteiger charge is -2.24. The maximum Gasteiger partial charge on any atom is 0.262 e. The molecule has 172 valence electrons. The monoisotopic (exact) mass is 457 g/mol. The Morgan fingerprint density at radius 3 is 2.59 bits per heavy atom. The maximum absolute atomic E-state index is 13.2. The summed E-state index contributed by atoms with van der Waals surface area (Å²) in [7, 11) is -3.81. The average molecular weight is 458 g/mol. The molecule has 32 heavy (non-hydrogen) atoms. The molecule has 2 aromatic carbocycles. The highest BCUT2D eigenvalue weighted by Gasteiger charge is 2.34. The van der Waals surface area contributed by atoms with Gasteiger partial charge in [0.2, 0.25) is 5.91 Å². The number of nitrogens with zero attached hydrogens (tertiary/aromatic N) is 1. The van der Waals surface area contributed by atoms with Crippen LogP contribution in [-0.4, -0.2) is 44.3 Å². The van der Waals surface area contributed by atoms with Crippen molar-refractivity contribution in [3.8, 4) is 0 Å². The Hall–Kier alpha value is -2.87. The van der Waals surface area contributed by atoms with Gasteiger partial charge in [-0.25, -0.2) is 8.42 Å². The molecule has 0 saturated carbocycles. The standard InChI is InChI=1S/C24H31N3O4S/c1-16(2)15-25-23(28)21-9-6-12-27(21)24(29)19-7-5-8-20(14-19)26-32(30,31)22-13-17(3)10-11-18(22)4/h5,7-8,10-11,13-14,16,21,26H,6,9,12,15H2,1-4H3,(H,25,28)/t21-/m1/s1. The lowest BCUT2D eigenvalue weighted by molar-refractivity contribution is -0.125. The van der Waals surface area contributed by atoms with Crippen molar-refractivity contribution in [3.63, 3.8) is 0 Å². The number of hydrogen-bond donors (Lipinski definition) is 2. The van der Waals surface area contributed by atoms with E-state index < -0.39 is 16.1 Å². The number of rotatable bonds is 7. The van der Waals surface area contributed by atoms with Crippen molar-refractivity contribution in [1.29, 1.82) is 0 Å². The molecule has 1 fully saturated rings. The molecule has 0 spiro atoms. The number of carbonyl (C=O) groups excluding carboxylic acids is 2. The van der Waals surface area contributed by atoms with Crippen LogP contribution in [-0.2, 0) is 14.8 Å². The molecule has 2 aromatic rings. The zero-order chi connectivity index (χ0) is 23.5. The van der Waals surface area contributed by atoms with E-state index >= 15 is 0 Å². The molecule has 1 saturated heterocycles. The summed E-state index contributed by atoms with van der Waals surface area (Å²) in [6.07, 6.45) is 1.37. The molecule has 0 aliphatic carbocycles. The summed E-state index contributed by atoms with van der Waals surface area (Å²) in [5.41, 5.74) is 2.13. The number of anilines is 1. The highest BCUT2D eigenvalue weighted by atomic mass is 32.2. The summed E-state index contributed by atoms with van der Waals surface area (Å²) >= 11 is 0. The molecular formula is C24H31N3O4S. The number of likely N-dealkylation sites (tertiary alicyclic amines) is 1. The van der Waals surface area contributed by atoms with Crippen LogP contribution in [0.2, 0.25) is 0 Å². The van der Waals surface area contributed by atoms with Crippen LogP contribution in [0.15, 0.2) is 47.4 Å². The highest BCUT2D eigenvalue weighted by Crippen LogP contribution is 2.24. The second-order valence-corrected chi connectivity index (χ2v) is 10.4. The minimum Gasteiger partial charge on any atom is -0.354 e. The van der Waals surface area contributed by atoms with Gasteiger partial charge in [0, 0.05) is 24.3 Å². The van der Waals surface area contributed by atoms with Gasteiger partial charge in [0.15, 0.2) is 0 Å². The average Bonchev–Trinajstić information content (AvgIpc) is 3.23. The summed E-state index contributed by atoms with van der Waals surface area (Å²) in [6.45, 7) is 8.67. The minimum atomic E-state index is -3.81. The zero-order valence-corrected chi connectivity index (χ0v) is 19.8. The predicted octanol–water partition coefficient (Wildman–Crippen LogP) is 3.48. The van der Waals surface area contributed by atoms with Gasteiger partial charge in [-0.1, -0.05) is 32.0 Å². The van der Waals surface area contributed by atoms with Gasteiger partial charge < -0.3 is 10.2 Å². The Morgan fingerprint density at radius 1 is 1.12 bits per heavy atom. The third-order valence-electron chi connectivity index (χ3n) is 5.50. The number of nitrogens with one attached hydrogen (secondary N) is 2. The summed E-state index contributed by atoms with van der Waals surface area (Å²) in [6, 6.07) is 11.1. The molecule has 1 aliphatic heterocycles. The van der Waals surface area contributed by atoms with E-state index in [1.54, 1.807) is 42.2 Å². The minimum absolute atomic E-state index is 0.142. The molecular weight excluding hydrogens is 426 g/mol. The van der Waals surface area contributed by atoms with E-state index in [-0.39, 0.29) is 16.7 Å². The van der Waals surface area contributed by atoms with Gasteiger partial charge in [-0.15, -0.1) is 0 Å². The predicted molar refractivity (Wildman–Crippen MR) is 125 cm³/mol. The molecule has 0 unspecified atom stereocenters.